The standard InChI is InChI=1S/C13H22N4O/c1-4-9-17(10-13(18)14-3)12-8-6-7-11(16-12)15-5-2/h6-8H,4-5,9-10H2,1-3H3,(H,14,18)(H,15,16). The van der Waals surface area contributed by atoms with Crippen LogP contribution in [-0.2, 0) is 4.79 Å². The topological polar surface area (TPSA) is 57.3 Å². The Morgan fingerprint density at radius 1 is 1.39 bits per heavy atom. The molecule has 0 fully saturated rings. The Balaban J connectivity index is 2.83. The fourth-order valence-electron chi connectivity index (χ4n) is 1.68. The molecule has 5 heteroatoms. The first-order valence-corrected chi connectivity index (χ1v) is 6.37. The monoisotopic (exact) mass is 250 g/mol. The fraction of sp³-hybridized carbons (Fsp3) is 0.538. The summed E-state index contributed by atoms with van der Waals surface area (Å²) >= 11 is 0. The Hall–Kier alpha value is -1.78. The number of carbonyl (C=O) groups excluding carboxylic acids is 1. The molecule has 0 saturated heterocycles. The smallest absolute Gasteiger partial charge is 0.239 e. The van der Waals surface area contributed by atoms with Gasteiger partial charge in [0.15, 0.2) is 0 Å². The normalized spacial score (nSPS) is 9.94. The molecule has 0 aromatic carbocycles. The van der Waals surface area contributed by atoms with Gasteiger partial charge < -0.3 is 15.5 Å². The van der Waals surface area contributed by atoms with Gasteiger partial charge in [0.05, 0.1) is 6.54 Å². The minimum atomic E-state index is -0.000830. The second-order valence-electron chi connectivity index (χ2n) is 4.01. The van der Waals surface area contributed by atoms with Crippen molar-refractivity contribution >= 4 is 17.5 Å². The van der Waals surface area contributed by atoms with Gasteiger partial charge in [0.25, 0.3) is 0 Å². The minimum Gasteiger partial charge on any atom is -0.370 e. The van der Waals surface area contributed by atoms with E-state index in [1.165, 1.54) is 0 Å². The summed E-state index contributed by atoms with van der Waals surface area (Å²) in [6.07, 6.45) is 0.976. The third kappa shape index (κ3) is 4.24. The largest absolute Gasteiger partial charge is 0.370 e. The molecule has 0 bridgehead atoms. The van der Waals surface area contributed by atoms with Crippen molar-refractivity contribution < 1.29 is 4.79 Å². The summed E-state index contributed by atoms with van der Waals surface area (Å²) in [4.78, 5) is 18.0. The summed E-state index contributed by atoms with van der Waals surface area (Å²) in [6.45, 7) is 6.11. The maximum Gasteiger partial charge on any atom is 0.239 e. The molecule has 0 radical (unpaired) electrons. The van der Waals surface area contributed by atoms with Crippen LogP contribution in [0.2, 0.25) is 0 Å². The van der Waals surface area contributed by atoms with Crippen LogP contribution < -0.4 is 15.5 Å². The molecule has 0 aliphatic carbocycles. The van der Waals surface area contributed by atoms with Crippen LogP contribution in [0.1, 0.15) is 20.3 Å². The van der Waals surface area contributed by atoms with Gasteiger partial charge in [-0.2, -0.15) is 0 Å². The Morgan fingerprint density at radius 3 is 2.78 bits per heavy atom. The molecule has 1 rings (SSSR count). The van der Waals surface area contributed by atoms with E-state index in [1.807, 2.05) is 30.0 Å². The van der Waals surface area contributed by atoms with Crippen molar-refractivity contribution in [2.24, 2.45) is 0 Å². The van der Waals surface area contributed by atoms with Crippen molar-refractivity contribution in [1.29, 1.82) is 0 Å². The van der Waals surface area contributed by atoms with Crippen LogP contribution in [0.5, 0.6) is 0 Å². The summed E-state index contributed by atoms with van der Waals surface area (Å²) < 4.78 is 0. The number of carbonyl (C=O) groups is 1. The number of likely N-dealkylation sites (N-methyl/N-ethyl adjacent to an activating group) is 1. The molecular formula is C13H22N4O. The van der Waals surface area contributed by atoms with Crippen molar-refractivity contribution in [3.05, 3.63) is 18.2 Å². The lowest BCUT2D eigenvalue weighted by molar-refractivity contribution is -0.119. The van der Waals surface area contributed by atoms with E-state index < -0.39 is 0 Å². The van der Waals surface area contributed by atoms with E-state index in [4.69, 9.17) is 0 Å². The number of amides is 1. The van der Waals surface area contributed by atoms with Gasteiger partial charge >= 0.3 is 0 Å². The van der Waals surface area contributed by atoms with Crippen LogP contribution in [0.25, 0.3) is 0 Å². The lowest BCUT2D eigenvalue weighted by Gasteiger charge is -2.22. The fourth-order valence-corrected chi connectivity index (χ4v) is 1.68. The molecule has 0 unspecified atom stereocenters. The molecule has 1 amide bonds. The van der Waals surface area contributed by atoms with Crippen molar-refractivity contribution in [3.63, 3.8) is 0 Å². The Kier molecular flexibility index (Phi) is 5.97. The quantitative estimate of drug-likeness (QED) is 0.769. The van der Waals surface area contributed by atoms with Gasteiger partial charge in [0.1, 0.15) is 11.6 Å². The second-order valence-corrected chi connectivity index (χ2v) is 4.01. The van der Waals surface area contributed by atoms with Crippen LogP contribution in [0, 0.1) is 0 Å². The van der Waals surface area contributed by atoms with Gasteiger partial charge in [-0.05, 0) is 25.5 Å². The first-order chi connectivity index (χ1) is 8.71. The lowest BCUT2D eigenvalue weighted by Crippen LogP contribution is -2.36. The maximum atomic E-state index is 11.5. The zero-order chi connectivity index (χ0) is 13.4. The molecule has 0 saturated carbocycles. The van der Waals surface area contributed by atoms with Gasteiger partial charge in [-0.25, -0.2) is 4.98 Å². The second kappa shape index (κ2) is 7.53. The number of pyridine rings is 1. The Morgan fingerprint density at radius 2 is 2.17 bits per heavy atom. The highest BCUT2D eigenvalue weighted by Gasteiger charge is 2.11. The van der Waals surface area contributed by atoms with E-state index in [-0.39, 0.29) is 5.91 Å². The van der Waals surface area contributed by atoms with Crippen molar-refractivity contribution in [2.45, 2.75) is 20.3 Å². The Labute approximate surface area is 109 Å². The molecule has 0 spiro atoms. The van der Waals surface area contributed by atoms with Crippen molar-refractivity contribution in [2.75, 3.05) is 36.9 Å². The molecule has 100 valence electrons. The van der Waals surface area contributed by atoms with Gasteiger partial charge in [-0.1, -0.05) is 13.0 Å². The number of aromatic nitrogens is 1. The molecule has 0 aliphatic rings. The number of hydrogen-bond acceptors (Lipinski definition) is 4. The molecule has 5 nitrogen and oxygen atoms in total. The van der Waals surface area contributed by atoms with Crippen LogP contribution in [0.4, 0.5) is 11.6 Å². The van der Waals surface area contributed by atoms with Gasteiger partial charge in [-0.3, -0.25) is 4.79 Å². The first-order valence-electron chi connectivity index (χ1n) is 6.37. The first kappa shape index (κ1) is 14.3. The summed E-state index contributed by atoms with van der Waals surface area (Å²) in [5.74, 6) is 1.67. The zero-order valence-corrected chi connectivity index (χ0v) is 11.4. The van der Waals surface area contributed by atoms with Crippen LogP contribution in [-0.4, -0.2) is 37.6 Å². The highest BCUT2D eigenvalue weighted by Crippen LogP contribution is 2.14. The highest BCUT2D eigenvalue weighted by molar-refractivity contribution is 5.80. The average molecular weight is 250 g/mol. The third-order valence-corrected chi connectivity index (χ3v) is 2.52. The molecule has 2 N–H and O–H groups in total. The van der Waals surface area contributed by atoms with Crippen molar-refractivity contribution in [1.82, 2.24) is 10.3 Å². The molecular weight excluding hydrogens is 228 g/mol. The molecule has 18 heavy (non-hydrogen) atoms. The molecule has 0 aliphatic heterocycles. The van der Waals surface area contributed by atoms with E-state index in [9.17, 15) is 4.79 Å². The SMILES string of the molecule is CCCN(CC(=O)NC)c1cccc(NCC)n1. The van der Waals surface area contributed by atoms with Crippen LogP contribution >= 0.6 is 0 Å². The lowest BCUT2D eigenvalue weighted by atomic mass is 10.3. The van der Waals surface area contributed by atoms with E-state index >= 15 is 0 Å². The van der Waals surface area contributed by atoms with Gasteiger partial charge in [0.2, 0.25) is 5.91 Å². The molecule has 0 atom stereocenters. The molecule has 1 heterocycles. The predicted molar refractivity (Wildman–Crippen MR) is 75.0 cm³/mol. The van der Waals surface area contributed by atoms with E-state index in [0.29, 0.717) is 6.54 Å². The number of rotatable bonds is 7. The molecule has 1 aromatic heterocycles. The predicted octanol–water partition coefficient (Wildman–Crippen LogP) is 1.48. The number of hydrogen-bond donors (Lipinski definition) is 2. The summed E-state index contributed by atoms with van der Waals surface area (Å²) in [5.41, 5.74) is 0. The van der Waals surface area contributed by atoms with E-state index in [2.05, 4.69) is 22.5 Å². The van der Waals surface area contributed by atoms with Gasteiger partial charge in [-0.15, -0.1) is 0 Å². The van der Waals surface area contributed by atoms with Crippen molar-refractivity contribution in [3.8, 4) is 0 Å². The summed E-state index contributed by atoms with van der Waals surface area (Å²) in [6, 6.07) is 5.81. The minimum absolute atomic E-state index is 0.000830. The zero-order valence-electron chi connectivity index (χ0n) is 11.4. The number of nitrogens with one attached hydrogen (secondary N) is 2. The third-order valence-electron chi connectivity index (χ3n) is 2.52. The van der Waals surface area contributed by atoms with Gasteiger partial charge in [0, 0.05) is 20.1 Å². The van der Waals surface area contributed by atoms with E-state index in [1.54, 1.807) is 7.05 Å². The van der Waals surface area contributed by atoms with Crippen LogP contribution in [0.15, 0.2) is 18.2 Å². The molecule has 1 aromatic rings. The Bertz CT molecular complexity index is 381. The average Bonchev–Trinajstić information content (AvgIpc) is 2.39. The number of anilines is 2. The van der Waals surface area contributed by atoms with Crippen LogP contribution in [0.3, 0.4) is 0 Å². The summed E-state index contributed by atoms with van der Waals surface area (Å²) in [7, 11) is 1.65. The maximum absolute atomic E-state index is 11.5. The number of nitrogens with zero attached hydrogens (tertiary/aromatic N) is 2. The highest BCUT2D eigenvalue weighted by atomic mass is 16.1. The van der Waals surface area contributed by atoms with E-state index in [0.717, 1.165) is 31.1 Å². The summed E-state index contributed by atoms with van der Waals surface area (Å²) in [5, 5.41) is 5.81.